The summed E-state index contributed by atoms with van der Waals surface area (Å²) in [5, 5.41) is 3.52. The van der Waals surface area contributed by atoms with E-state index in [4.69, 9.17) is 4.74 Å². The van der Waals surface area contributed by atoms with Gasteiger partial charge in [0.2, 0.25) is 0 Å². The average molecular weight is 200 g/mol. The molecule has 3 nitrogen and oxygen atoms in total. The second-order valence-corrected chi connectivity index (χ2v) is 4.72. The van der Waals surface area contributed by atoms with Gasteiger partial charge in [0.15, 0.2) is 0 Å². The largest absolute Gasteiger partial charge is 0.381 e. The molecular weight excluding hydrogens is 176 g/mol. The van der Waals surface area contributed by atoms with Gasteiger partial charge in [-0.25, -0.2) is 0 Å². The van der Waals surface area contributed by atoms with Crippen LogP contribution in [0.2, 0.25) is 0 Å². The van der Waals surface area contributed by atoms with Crippen molar-refractivity contribution in [1.29, 1.82) is 0 Å². The van der Waals surface area contributed by atoms with Crippen molar-refractivity contribution >= 4 is 0 Å². The van der Waals surface area contributed by atoms with Crippen molar-refractivity contribution < 1.29 is 4.74 Å². The number of rotatable bonds is 6. The van der Waals surface area contributed by atoms with Crippen LogP contribution in [0.4, 0.5) is 0 Å². The monoisotopic (exact) mass is 200 g/mol. The van der Waals surface area contributed by atoms with E-state index in [1.807, 2.05) is 0 Å². The topological polar surface area (TPSA) is 24.5 Å². The SMILES string of the molecule is CCCNCC1(CN(C)C)CCOC1. The summed E-state index contributed by atoms with van der Waals surface area (Å²) in [5.74, 6) is 0. The highest BCUT2D eigenvalue weighted by Crippen LogP contribution is 2.28. The molecule has 1 unspecified atom stereocenters. The van der Waals surface area contributed by atoms with Crippen LogP contribution in [-0.2, 0) is 4.74 Å². The predicted octanol–water partition coefficient (Wildman–Crippen LogP) is 0.954. The lowest BCUT2D eigenvalue weighted by atomic mass is 9.86. The lowest BCUT2D eigenvalue weighted by Gasteiger charge is -2.30. The van der Waals surface area contributed by atoms with Gasteiger partial charge in [0.05, 0.1) is 6.61 Å². The molecule has 1 fully saturated rings. The van der Waals surface area contributed by atoms with E-state index in [9.17, 15) is 0 Å². The first-order valence-corrected chi connectivity index (χ1v) is 5.62. The van der Waals surface area contributed by atoms with E-state index in [0.717, 1.165) is 32.8 Å². The highest BCUT2D eigenvalue weighted by Gasteiger charge is 2.34. The van der Waals surface area contributed by atoms with Crippen LogP contribution in [0.5, 0.6) is 0 Å². The first kappa shape index (κ1) is 12.0. The molecule has 1 aliphatic heterocycles. The van der Waals surface area contributed by atoms with Crippen LogP contribution in [0.15, 0.2) is 0 Å². The Balaban J connectivity index is 2.36. The molecule has 1 aliphatic rings. The van der Waals surface area contributed by atoms with Crippen LogP contribution in [-0.4, -0.2) is 51.8 Å². The number of hydrogen-bond donors (Lipinski definition) is 1. The van der Waals surface area contributed by atoms with E-state index in [1.165, 1.54) is 12.8 Å². The van der Waals surface area contributed by atoms with Crippen LogP contribution in [0.3, 0.4) is 0 Å². The Morgan fingerprint density at radius 3 is 2.71 bits per heavy atom. The number of nitrogens with zero attached hydrogens (tertiary/aromatic N) is 1. The molecule has 3 heteroatoms. The summed E-state index contributed by atoms with van der Waals surface area (Å²) < 4.78 is 5.53. The summed E-state index contributed by atoms with van der Waals surface area (Å²) in [5.41, 5.74) is 0.360. The Morgan fingerprint density at radius 2 is 2.21 bits per heavy atom. The predicted molar refractivity (Wildman–Crippen MR) is 59.6 cm³/mol. The molecule has 0 aromatic carbocycles. The molecule has 0 bridgehead atoms. The van der Waals surface area contributed by atoms with Crippen molar-refractivity contribution in [2.45, 2.75) is 19.8 Å². The summed E-state index contributed by atoms with van der Waals surface area (Å²) in [6.45, 7) is 7.40. The first-order valence-electron chi connectivity index (χ1n) is 5.62. The van der Waals surface area contributed by atoms with E-state index in [0.29, 0.717) is 5.41 Å². The molecule has 0 aromatic heterocycles. The van der Waals surface area contributed by atoms with Crippen LogP contribution < -0.4 is 5.32 Å². The summed E-state index contributed by atoms with van der Waals surface area (Å²) in [7, 11) is 4.28. The van der Waals surface area contributed by atoms with Crippen molar-refractivity contribution in [1.82, 2.24) is 10.2 Å². The number of nitrogens with one attached hydrogen (secondary N) is 1. The van der Waals surface area contributed by atoms with Gasteiger partial charge in [0, 0.05) is 25.1 Å². The van der Waals surface area contributed by atoms with Gasteiger partial charge in [-0.3, -0.25) is 0 Å². The Bertz CT molecular complexity index is 153. The summed E-state index contributed by atoms with van der Waals surface area (Å²) >= 11 is 0. The van der Waals surface area contributed by atoms with Crippen molar-refractivity contribution in [3.05, 3.63) is 0 Å². The lowest BCUT2D eigenvalue weighted by molar-refractivity contribution is 0.127. The van der Waals surface area contributed by atoms with Crippen molar-refractivity contribution in [2.75, 3.05) is 46.9 Å². The quantitative estimate of drug-likeness (QED) is 0.646. The molecule has 1 saturated heterocycles. The maximum absolute atomic E-state index is 5.53. The van der Waals surface area contributed by atoms with Crippen molar-refractivity contribution in [2.24, 2.45) is 5.41 Å². The van der Waals surface area contributed by atoms with Crippen molar-refractivity contribution in [3.63, 3.8) is 0 Å². The third kappa shape index (κ3) is 3.56. The molecular formula is C11H24N2O. The number of hydrogen-bond acceptors (Lipinski definition) is 3. The van der Waals surface area contributed by atoms with Gasteiger partial charge < -0.3 is 15.0 Å². The molecule has 0 aromatic rings. The van der Waals surface area contributed by atoms with Gasteiger partial charge in [-0.15, -0.1) is 0 Å². The van der Waals surface area contributed by atoms with Crippen molar-refractivity contribution in [3.8, 4) is 0 Å². The molecule has 1 atom stereocenters. The molecule has 14 heavy (non-hydrogen) atoms. The summed E-state index contributed by atoms with van der Waals surface area (Å²) in [4.78, 5) is 2.27. The smallest absolute Gasteiger partial charge is 0.0547 e. The van der Waals surface area contributed by atoms with E-state index < -0.39 is 0 Å². The second kappa shape index (κ2) is 5.69. The summed E-state index contributed by atoms with van der Waals surface area (Å²) in [6.07, 6.45) is 2.40. The minimum atomic E-state index is 0.360. The molecule has 1 heterocycles. The zero-order valence-electron chi connectivity index (χ0n) is 9.81. The van der Waals surface area contributed by atoms with Gasteiger partial charge in [0.25, 0.3) is 0 Å². The minimum Gasteiger partial charge on any atom is -0.381 e. The Morgan fingerprint density at radius 1 is 1.43 bits per heavy atom. The maximum Gasteiger partial charge on any atom is 0.0547 e. The van der Waals surface area contributed by atoms with E-state index >= 15 is 0 Å². The fourth-order valence-electron chi connectivity index (χ4n) is 2.17. The lowest BCUT2D eigenvalue weighted by Crippen LogP contribution is -2.42. The third-order valence-electron chi connectivity index (χ3n) is 2.76. The standard InChI is InChI=1S/C11H24N2O/c1-4-6-12-8-11(9-13(2)3)5-7-14-10-11/h12H,4-10H2,1-3H3. The van der Waals surface area contributed by atoms with Gasteiger partial charge in [0.1, 0.15) is 0 Å². The molecule has 0 aliphatic carbocycles. The Kier molecular flexibility index (Phi) is 4.85. The zero-order chi connectivity index (χ0) is 10.4. The molecule has 0 spiro atoms. The maximum atomic E-state index is 5.53. The van der Waals surface area contributed by atoms with Crippen LogP contribution in [0, 0.1) is 5.41 Å². The fourth-order valence-corrected chi connectivity index (χ4v) is 2.17. The minimum absolute atomic E-state index is 0.360. The molecule has 0 radical (unpaired) electrons. The molecule has 1 N–H and O–H groups in total. The number of ether oxygens (including phenoxy) is 1. The molecule has 0 saturated carbocycles. The fraction of sp³-hybridized carbons (Fsp3) is 1.00. The van der Waals surface area contributed by atoms with Gasteiger partial charge in [-0.1, -0.05) is 6.92 Å². The molecule has 0 amide bonds. The van der Waals surface area contributed by atoms with E-state index in [2.05, 4.69) is 31.2 Å². The Labute approximate surface area is 87.8 Å². The summed E-state index contributed by atoms with van der Waals surface area (Å²) in [6, 6.07) is 0. The highest BCUT2D eigenvalue weighted by atomic mass is 16.5. The van der Waals surface area contributed by atoms with Crippen LogP contribution in [0.1, 0.15) is 19.8 Å². The van der Waals surface area contributed by atoms with Gasteiger partial charge in [-0.05, 0) is 33.5 Å². The highest BCUT2D eigenvalue weighted by molar-refractivity contribution is 4.87. The van der Waals surface area contributed by atoms with Crippen LogP contribution >= 0.6 is 0 Å². The first-order chi connectivity index (χ1) is 6.68. The Hall–Kier alpha value is -0.120. The molecule has 1 rings (SSSR count). The van der Waals surface area contributed by atoms with Gasteiger partial charge in [-0.2, -0.15) is 0 Å². The average Bonchev–Trinajstić information content (AvgIpc) is 2.53. The molecule has 84 valence electrons. The van der Waals surface area contributed by atoms with E-state index in [-0.39, 0.29) is 0 Å². The second-order valence-electron chi connectivity index (χ2n) is 4.72. The third-order valence-corrected chi connectivity index (χ3v) is 2.76. The van der Waals surface area contributed by atoms with Crippen LogP contribution in [0.25, 0.3) is 0 Å². The van der Waals surface area contributed by atoms with Gasteiger partial charge >= 0.3 is 0 Å². The zero-order valence-corrected chi connectivity index (χ0v) is 9.81. The normalized spacial score (nSPS) is 27.4. The van der Waals surface area contributed by atoms with E-state index in [1.54, 1.807) is 0 Å².